The summed E-state index contributed by atoms with van der Waals surface area (Å²) in [5.41, 5.74) is 1.34. The van der Waals surface area contributed by atoms with Crippen LogP contribution in [0.1, 0.15) is 92.4 Å². The van der Waals surface area contributed by atoms with Gasteiger partial charge in [0.25, 0.3) is 0 Å². The lowest BCUT2D eigenvalue weighted by molar-refractivity contribution is -0.138. The predicted octanol–water partition coefficient (Wildman–Crippen LogP) is 6.77. The van der Waals surface area contributed by atoms with Crippen molar-refractivity contribution in [3.05, 3.63) is 11.6 Å². The third-order valence-corrected chi connectivity index (χ3v) is 5.80. The first-order chi connectivity index (χ1) is 12.8. The minimum atomic E-state index is -0.834. The maximum absolute atomic E-state index is 10.9. The fraction of sp³-hybridized carbons (Fsp3) is 0.870. The summed E-state index contributed by atoms with van der Waals surface area (Å²) in [6.45, 7) is 12.2. The van der Waals surface area contributed by atoms with Crippen LogP contribution in [-0.4, -0.2) is 29.4 Å². The van der Waals surface area contributed by atoms with E-state index in [9.17, 15) is 4.79 Å². The number of hydrogen-bond acceptors (Lipinski definition) is 3. The van der Waals surface area contributed by atoms with E-state index < -0.39 is 12.0 Å². The normalized spacial score (nSPS) is 15.2. The minimum absolute atomic E-state index is 0. The summed E-state index contributed by atoms with van der Waals surface area (Å²) in [4.78, 5) is 10.9. The molecule has 0 aliphatic rings. The number of halogens is 1. The smallest absolute Gasteiger partial charge is 0.321 e. The lowest BCUT2D eigenvalue weighted by Gasteiger charge is -2.15. The summed E-state index contributed by atoms with van der Waals surface area (Å²) >= 11 is 4.06. The van der Waals surface area contributed by atoms with Gasteiger partial charge in [-0.3, -0.25) is 4.79 Å². The third-order valence-electron chi connectivity index (χ3n) is 5.44. The number of carboxylic acid groups (broad SMARTS) is 1. The summed E-state index contributed by atoms with van der Waals surface area (Å²) in [5.74, 6) is 2.00. The monoisotopic (exact) mass is 435 g/mol. The van der Waals surface area contributed by atoms with Gasteiger partial charge >= 0.3 is 5.97 Å². The first-order valence-electron chi connectivity index (χ1n) is 11.0. The van der Waals surface area contributed by atoms with Crippen molar-refractivity contribution in [3.63, 3.8) is 0 Å². The SMILES string of the molecule is C/C(=C\CN[C@@H](CS)C(=O)O)CCC[C@H](C)CCC[C@H](C)CCCC(C)C.Cl. The molecular formula is C23H46ClNO2S. The Morgan fingerprint density at radius 2 is 1.46 bits per heavy atom. The first-order valence-corrected chi connectivity index (χ1v) is 11.6. The Morgan fingerprint density at radius 1 is 0.964 bits per heavy atom. The molecule has 0 unspecified atom stereocenters. The standard InChI is InChI=1S/C23H45NO2S.ClH/c1-18(2)9-6-10-19(3)11-7-12-20(4)13-8-14-21(5)15-16-24-22(17-27)23(25)26;/h15,18-20,22,24,27H,6-14,16-17H2,1-5H3,(H,25,26);1H/b21-15+;/t19-,20-,22+;/m1./s1. The van der Waals surface area contributed by atoms with E-state index in [-0.39, 0.29) is 12.4 Å². The average Bonchev–Trinajstić information content (AvgIpc) is 2.58. The molecule has 3 atom stereocenters. The van der Waals surface area contributed by atoms with Crippen molar-refractivity contribution in [1.29, 1.82) is 0 Å². The van der Waals surface area contributed by atoms with Gasteiger partial charge in [-0.25, -0.2) is 0 Å². The number of thiol groups is 1. The van der Waals surface area contributed by atoms with Gasteiger partial charge in [0.15, 0.2) is 0 Å². The number of hydrogen-bond donors (Lipinski definition) is 3. The van der Waals surface area contributed by atoms with Crippen LogP contribution in [0.15, 0.2) is 11.6 Å². The molecule has 0 amide bonds. The molecule has 168 valence electrons. The number of allylic oxidation sites excluding steroid dienone is 1. The Morgan fingerprint density at radius 3 is 1.93 bits per heavy atom. The Labute approximate surface area is 186 Å². The second kappa shape index (κ2) is 18.8. The molecule has 0 saturated carbocycles. The van der Waals surface area contributed by atoms with Crippen LogP contribution in [-0.2, 0) is 4.79 Å². The summed E-state index contributed by atoms with van der Waals surface area (Å²) in [7, 11) is 0. The molecule has 0 rings (SSSR count). The molecule has 5 heteroatoms. The molecule has 0 aliphatic carbocycles. The lowest BCUT2D eigenvalue weighted by atomic mass is 9.91. The number of nitrogens with one attached hydrogen (secondary N) is 1. The number of aliphatic carboxylic acids is 1. The summed E-state index contributed by atoms with van der Waals surface area (Å²) in [6.07, 6.45) is 14.0. The van der Waals surface area contributed by atoms with Crippen LogP contribution >= 0.6 is 25.0 Å². The Balaban J connectivity index is 0. The molecule has 3 nitrogen and oxygen atoms in total. The molecule has 2 N–H and O–H groups in total. The van der Waals surface area contributed by atoms with Crippen molar-refractivity contribution in [2.24, 2.45) is 17.8 Å². The molecule has 28 heavy (non-hydrogen) atoms. The summed E-state index contributed by atoms with van der Waals surface area (Å²) < 4.78 is 0. The van der Waals surface area contributed by atoms with Gasteiger partial charge in [-0.05, 0) is 37.5 Å². The zero-order chi connectivity index (χ0) is 20.7. The Hall–Kier alpha value is -0.190. The first kappa shape index (κ1) is 30.0. The Bertz CT molecular complexity index is 415. The second-order valence-electron chi connectivity index (χ2n) is 8.89. The number of carboxylic acids is 1. The van der Waals surface area contributed by atoms with Crippen molar-refractivity contribution in [2.45, 2.75) is 98.4 Å². The lowest BCUT2D eigenvalue weighted by Crippen LogP contribution is -2.38. The fourth-order valence-corrected chi connectivity index (χ4v) is 3.70. The highest BCUT2D eigenvalue weighted by Gasteiger charge is 2.13. The maximum atomic E-state index is 10.9. The minimum Gasteiger partial charge on any atom is -0.480 e. The van der Waals surface area contributed by atoms with Gasteiger partial charge in [0.1, 0.15) is 6.04 Å². The largest absolute Gasteiger partial charge is 0.480 e. The fourth-order valence-electron chi connectivity index (χ4n) is 3.41. The molecule has 0 aromatic rings. The molecule has 0 heterocycles. The van der Waals surface area contributed by atoms with Gasteiger partial charge in [0.2, 0.25) is 0 Å². The van der Waals surface area contributed by atoms with Gasteiger partial charge in [0.05, 0.1) is 0 Å². The third kappa shape index (κ3) is 17.9. The van der Waals surface area contributed by atoms with E-state index in [1.807, 2.05) is 0 Å². The number of carbonyl (C=O) groups is 1. The molecule has 0 saturated heterocycles. The van der Waals surface area contributed by atoms with Crippen LogP contribution in [0.25, 0.3) is 0 Å². The summed E-state index contributed by atoms with van der Waals surface area (Å²) in [5, 5.41) is 12.0. The van der Waals surface area contributed by atoms with Gasteiger partial charge < -0.3 is 10.4 Å². The highest BCUT2D eigenvalue weighted by molar-refractivity contribution is 7.80. The van der Waals surface area contributed by atoms with Gasteiger partial charge in [0, 0.05) is 12.3 Å². The Kier molecular flexibility index (Phi) is 20.2. The van der Waals surface area contributed by atoms with Crippen molar-refractivity contribution < 1.29 is 9.90 Å². The van der Waals surface area contributed by atoms with Crippen molar-refractivity contribution in [1.82, 2.24) is 5.32 Å². The van der Waals surface area contributed by atoms with Gasteiger partial charge in [-0.2, -0.15) is 12.6 Å². The number of rotatable bonds is 17. The molecule has 0 aromatic heterocycles. The zero-order valence-corrected chi connectivity index (χ0v) is 20.6. The molecule has 0 bridgehead atoms. The average molecular weight is 436 g/mol. The molecule has 0 aromatic carbocycles. The topological polar surface area (TPSA) is 49.3 Å². The van der Waals surface area contributed by atoms with E-state index >= 15 is 0 Å². The van der Waals surface area contributed by atoms with Gasteiger partial charge in [-0.15, -0.1) is 12.4 Å². The highest BCUT2D eigenvalue weighted by atomic mass is 35.5. The van der Waals surface area contributed by atoms with E-state index in [4.69, 9.17) is 5.11 Å². The highest BCUT2D eigenvalue weighted by Crippen LogP contribution is 2.22. The van der Waals surface area contributed by atoms with Crippen molar-refractivity contribution in [2.75, 3.05) is 12.3 Å². The van der Waals surface area contributed by atoms with E-state index in [1.54, 1.807) is 0 Å². The maximum Gasteiger partial charge on any atom is 0.321 e. The van der Waals surface area contributed by atoms with Crippen LogP contribution in [0.2, 0.25) is 0 Å². The van der Waals surface area contributed by atoms with Crippen molar-refractivity contribution in [3.8, 4) is 0 Å². The molecular weight excluding hydrogens is 390 g/mol. The van der Waals surface area contributed by atoms with Crippen LogP contribution < -0.4 is 5.32 Å². The molecule has 0 fully saturated rings. The zero-order valence-electron chi connectivity index (χ0n) is 18.9. The van der Waals surface area contributed by atoms with Gasteiger partial charge in [-0.1, -0.05) is 84.3 Å². The van der Waals surface area contributed by atoms with E-state index in [0.29, 0.717) is 12.3 Å². The molecule has 0 radical (unpaired) electrons. The van der Waals surface area contributed by atoms with Crippen LogP contribution in [0.5, 0.6) is 0 Å². The van der Waals surface area contributed by atoms with E-state index in [2.05, 4.69) is 58.6 Å². The van der Waals surface area contributed by atoms with E-state index in [0.717, 1.165) is 24.2 Å². The summed E-state index contributed by atoms with van der Waals surface area (Å²) in [6, 6.07) is -0.565. The quantitative estimate of drug-likeness (QED) is 0.174. The van der Waals surface area contributed by atoms with Crippen LogP contribution in [0, 0.1) is 17.8 Å². The molecule has 0 aliphatic heterocycles. The van der Waals surface area contributed by atoms with Crippen LogP contribution in [0.3, 0.4) is 0 Å². The predicted molar refractivity (Wildman–Crippen MR) is 129 cm³/mol. The van der Waals surface area contributed by atoms with Crippen molar-refractivity contribution >= 4 is 31.0 Å². The van der Waals surface area contributed by atoms with Crippen LogP contribution in [0.4, 0.5) is 0 Å². The second-order valence-corrected chi connectivity index (χ2v) is 9.26. The van der Waals surface area contributed by atoms with E-state index in [1.165, 1.54) is 56.9 Å². The molecule has 0 spiro atoms.